The van der Waals surface area contributed by atoms with Gasteiger partial charge in [-0.3, -0.25) is 4.79 Å². The number of fused-ring (bicyclic) bond motifs is 1. The van der Waals surface area contributed by atoms with Crippen molar-refractivity contribution in [1.82, 2.24) is 15.6 Å². The number of hydrogen-bond donors (Lipinski definition) is 2. The van der Waals surface area contributed by atoms with Crippen LogP contribution >= 0.6 is 0 Å². The van der Waals surface area contributed by atoms with Crippen LogP contribution in [0.1, 0.15) is 23.3 Å². The Balaban J connectivity index is 1.86. The molecule has 102 valence electrons. The molecular formula is C13H17FN4O. The Labute approximate surface area is 111 Å². The number of aromatic nitrogens is 1. The van der Waals surface area contributed by atoms with E-state index in [1.54, 1.807) is 12.1 Å². The van der Waals surface area contributed by atoms with Crippen molar-refractivity contribution in [2.24, 2.45) is 0 Å². The molecule has 0 spiro atoms. The van der Waals surface area contributed by atoms with Crippen LogP contribution in [0.3, 0.4) is 0 Å². The molecule has 0 unspecified atom stereocenters. The van der Waals surface area contributed by atoms with Gasteiger partial charge in [-0.25, -0.2) is 4.98 Å². The Morgan fingerprint density at radius 1 is 1.53 bits per heavy atom. The SMILES string of the molecule is CNC(=O)c1ccc(N2CCN[C@@H]3CC[C@@H]32)c(F)n1. The van der Waals surface area contributed by atoms with Crippen LogP contribution in [-0.4, -0.2) is 43.1 Å². The van der Waals surface area contributed by atoms with Crippen LogP contribution in [0.5, 0.6) is 0 Å². The maximum absolute atomic E-state index is 14.1. The predicted octanol–water partition coefficient (Wildman–Crippen LogP) is 0.521. The molecule has 2 fully saturated rings. The average molecular weight is 264 g/mol. The number of nitrogens with one attached hydrogen (secondary N) is 2. The molecule has 1 saturated carbocycles. The lowest BCUT2D eigenvalue weighted by Crippen LogP contribution is -2.63. The van der Waals surface area contributed by atoms with E-state index in [2.05, 4.69) is 20.5 Å². The number of rotatable bonds is 2. The molecule has 0 bridgehead atoms. The highest BCUT2D eigenvalue weighted by molar-refractivity contribution is 5.92. The van der Waals surface area contributed by atoms with E-state index in [1.807, 2.05) is 0 Å². The number of hydrogen-bond acceptors (Lipinski definition) is 4. The standard InChI is InChI=1S/C13H17FN4O/c1-15-13(19)9-3-5-11(12(14)17-9)18-7-6-16-8-2-4-10(8)18/h3,5,8,10,16H,2,4,6-7H2,1H3,(H,15,19)/t8-,10+/m1/s1. The largest absolute Gasteiger partial charge is 0.362 e. The maximum Gasteiger partial charge on any atom is 0.269 e. The predicted molar refractivity (Wildman–Crippen MR) is 69.7 cm³/mol. The van der Waals surface area contributed by atoms with Crippen molar-refractivity contribution < 1.29 is 9.18 Å². The summed E-state index contributed by atoms with van der Waals surface area (Å²) >= 11 is 0. The molecule has 2 atom stereocenters. The summed E-state index contributed by atoms with van der Waals surface area (Å²) in [5.41, 5.74) is 0.618. The lowest BCUT2D eigenvalue weighted by Gasteiger charge is -2.49. The quantitative estimate of drug-likeness (QED) is 0.765. The Kier molecular flexibility index (Phi) is 3.10. The molecule has 0 radical (unpaired) electrons. The molecule has 2 N–H and O–H groups in total. The molecule has 6 heteroatoms. The van der Waals surface area contributed by atoms with Gasteiger partial charge in [-0.05, 0) is 25.0 Å². The highest BCUT2D eigenvalue weighted by atomic mass is 19.1. The molecule has 2 heterocycles. The van der Waals surface area contributed by atoms with Crippen molar-refractivity contribution in [2.75, 3.05) is 25.0 Å². The second-order valence-corrected chi connectivity index (χ2v) is 4.98. The average Bonchev–Trinajstić information content (AvgIpc) is 2.39. The summed E-state index contributed by atoms with van der Waals surface area (Å²) in [5, 5.41) is 5.87. The van der Waals surface area contributed by atoms with E-state index in [-0.39, 0.29) is 11.6 Å². The van der Waals surface area contributed by atoms with Crippen molar-refractivity contribution in [3.63, 3.8) is 0 Å². The van der Waals surface area contributed by atoms with Crippen molar-refractivity contribution in [3.05, 3.63) is 23.8 Å². The summed E-state index contributed by atoms with van der Waals surface area (Å²) in [6.07, 6.45) is 2.22. The van der Waals surface area contributed by atoms with E-state index in [0.717, 1.165) is 25.9 Å². The van der Waals surface area contributed by atoms with Crippen LogP contribution in [0.15, 0.2) is 12.1 Å². The number of nitrogens with zero attached hydrogens (tertiary/aromatic N) is 2. The normalized spacial score (nSPS) is 25.5. The van der Waals surface area contributed by atoms with E-state index in [0.29, 0.717) is 17.8 Å². The third-order valence-electron chi connectivity index (χ3n) is 4.00. The van der Waals surface area contributed by atoms with E-state index < -0.39 is 5.95 Å². The molecule has 1 amide bonds. The van der Waals surface area contributed by atoms with Crippen molar-refractivity contribution in [2.45, 2.75) is 24.9 Å². The number of piperazine rings is 1. The summed E-state index contributed by atoms with van der Waals surface area (Å²) in [6.45, 7) is 1.64. The Bertz CT molecular complexity index is 507. The first-order chi connectivity index (χ1) is 9.20. The van der Waals surface area contributed by atoms with Crippen LogP contribution in [-0.2, 0) is 0 Å². The van der Waals surface area contributed by atoms with Crippen LogP contribution in [0.25, 0.3) is 0 Å². The molecule has 1 aromatic heterocycles. The number of anilines is 1. The molecule has 1 aliphatic carbocycles. The van der Waals surface area contributed by atoms with Gasteiger partial charge in [0.1, 0.15) is 5.69 Å². The maximum atomic E-state index is 14.1. The molecule has 2 aliphatic rings. The van der Waals surface area contributed by atoms with Gasteiger partial charge in [-0.15, -0.1) is 0 Å². The van der Waals surface area contributed by atoms with E-state index in [4.69, 9.17) is 0 Å². The lowest BCUT2D eigenvalue weighted by atomic mass is 9.83. The monoisotopic (exact) mass is 264 g/mol. The van der Waals surface area contributed by atoms with Gasteiger partial charge in [0.15, 0.2) is 0 Å². The van der Waals surface area contributed by atoms with E-state index >= 15 is 0 Å². The Morgan fingerprint density at radius 2 is 2.37 bits per heavy atom. The number of pyridine rings is 1. The van der Waals surface area contributed by atoms with E-state index in [1.165, 1.54) is 7.05 Å². The minimum absolute atomic E-state index is 0.115. The molecule has 0 aromatic carbocycles. The van der Waals surface area contributed by atoms with E-state index in [9.17, 15) is 9.18 Å². The van der Waals surface area contributed by atoms with Gasteiger partial charge < -0.3 is 15.5 Å². The molecule has 1 saturated heterocycles. The minimum Gasteiger partial charge on any atom is -0.362 e. The highest BCUT2D eigenvalue weighted by Crippen LogP contribution is 2.32. The van der Waals surface area contributed by atoms with Crippen LogP contribution in [0.2, 0.25) is 0 Å². The number of amides is 1. The van der Waals surface area contributed by atoms with Crippen molar-refractivity contribution in [3.8, 4) is 0 Å². The fourth-order valence-corrected chi connectivity index (χ4v) is 2.82. The van der Waals surface area contributed by atoms with Gasteiger partial charge in [0, 0.05) is 32.2 Å². The Morgan fingerprint density at radius 3 is 3.00 bits per heavy atom. The molecule has 5 nitrogen and oxygen atoms in total. The second kappa shape index (κ2) is 4.77. The summed E-state index contributed by atoms with van der Waals surface area (Å²) in [6, 6.07) is 4.06. The molecule has 1 aromatic rings. The topological polar surface area (TPSA) is 57.3 Å². The molecule has 19 heavy (non-hydrogen) atoms. The van der Waals surface area contributed by atoms with Crippen LogP contribution < -0.4 is 15.5 Å². The zero-order valence-corrected chi connectivity index (χ0v) is 10.8. The third-order valence-corrected chi connectivity index (χ3v) is 4.00. The van der Waals surface area contributed by atoms with Gasteiger partial charge >= 0.3 is 0 Å². The second-order valence-electron chi connectivity index (χ2n) is 4.98. The fraction of sp³-hybridized carbons (Fsp3) is 0.538. The smallest absolute Gasteiger partial charge is 0.269 e. The van der Waals surface area contributed by atoms with Crippen LogP contribution in [0, 0.1) is 5.95 Å². The molecular weight excluding hydrogens is 247 g/mol. The minimum atomic E-state index is -0.561. The highest BCUT2D eigenvalue weighted by Gasteiger charge is 2.39. The lowest BCUT2D eigenvalue weighted by molar-refractivity contribution is 0.0957. The number of carbonyl (C=O) groups is 1. The molecule has 3 rings (SSSR count). The first-order valence-electron chi connectivity index (χ1n) is 6.59. The molecule has 1 aliphatic heterocycles. The van der Waals surface area contributed by atoms with Crippen LogP contribution in [0.4, 0.5) is 10.1 Å². The zero-order valence-electron chi connectivity index (χ0n) is 10.8. The van der Waals surface area contributed by atoms with Gasteiger partial charge in [-0.2, -0.15) is 4.39 Å². The number of halogens is 1. The van der Waals surface area contributed by atoms with Crippen molar-refractivity contribution in [1.29, 1.82) is 0 Å². The van der Waals surface area contributed by atoms with Crippen molar-refractivity contribution >= 4 is 11.6 Å². The summed E-state index contributed by atoms with van der Waals surface area (Å²) in [7, 11) is 1.51. The zero-order chi connectivity index (χ0) is 13.4. The first-order valence-corrected chi connectivity index (χ1v) is 6.59. The Hall–Kier alpha value is -1.69. The third kappa shape index (κ3) is 2.06. The fourth-order valence-electron chi connectivity index (χ4n) is 2.82. The first kappa shape index (κ1) is 12.3. The number of carbonyl (C=O) groups excluding carboxylic acids is 1. The summed E-state index contributed by atoms with van der Waals surface area (Å²) in [4.78, 5) is 17.2. The van der Waals surface area contributed by atoms with Gasteiger partial charge in [0.25, 0.3) is 5.91 Å². The summed E-state index contributed by atoms with van der Waals surface area (Å²) in [5.74, 6) is -0.930. The summed E-state index contributed by atoms with van der Waals surface area (Å²) < 4.78 is 14.1. The van der Waals surface area contributed by atoms with Gasteiger partial charge in [-0.1, -0.05) is 0 Å². The van der Waals surface area contributed by atoms with Gasteiger partial charge in [0.2, 0.25) is 5.95 Å². The van der Waals surface area contributed by atoms with Gasteiger partial charge in [0.05, 0.1) is 5.69 Å².